The minimum absolute atomic E-state index is 0.0284. The summed E-state index contributed by atoms with van der Waals surface area (Å²) >= 11 is 0. The average Bonchev–Trinajstić information content (AvgIpc) is 2.49. The van der Waals surface area contributed by atoms with Crippen molar-refractivity contribution in [2.24, 2.45) is 0 Å². The van der Waals surface area contributed by atoms with Crippen LogP contribution in [0.25, 0.3) is 0 Å². The van der Waals surface area contributed by atoms with Crippen LogP contribution in [0.4, 0.5) is 5.69 Å². The zero-order valence-corrected chi connectivity index (χ0v) is 12.7. The van der Waals surface area contributed by atoms with Gasteiger partial charge in [0.25, 0.3) is 5.69 Å². The highest BCUT2D eigenvalue weighted by Crippen LogP contribution is 2.35. The van der Waals surface area contributed by atoms with Crippen molar-refractivity contribution in [2.45, 2.75) is 32.6 Å². The van der Waals surface area contributed by atoms with Gasteiger partial charge in [0.15, 0.2) is 0 Å². The number of carbonyl (C=O) groups excluding carboxylic acids is 2. The molecule has 0 N–H and O–H groups in total. The Morgan fingerprint density at radius 3 is 2.18 bits per heavy atom. The number of nitrogens with zero attached hydrogens (tertiary/aromatic N) is 2. The van der Waals surface area contributed by atoms with Gasteiger partial charge in [0.2, 0.25) is 5.41 Å². The maximum Gasteiger partial charge on any atom is 0.329 e. The molecule has 1 aromatic heterocycles. The van der Waals surface area contributed by atoms with E-state index in [0.717, 1.165) is 0 Å². The number of pyridine rings is 1. The van der Waals surface area contributed by atoms with E-state index in [1.165, 1.54) is 18.3 Å². The fraction of sp³-hybridized carbons (Fsp3) is 0.500. The number of esters is 2. The van der Waals surface area contributed by atoms with Crippen molar-refractivity contribution < 1.29 is 24.0 Å². The molecule has 0 aromatic carbocycles. The second-order valence-corrected chi connectivity index (χ2v) is 4.33. The van der Waals surface area contributed by atoms with E-state index in [1.54, 1.807) is 20.8 Å². The van der Waals surface area contributed by atoms with E-state index >= 15 is 0 Å². The predicted octanol–water partition coefficient (Wildman–Crippen LogP) is 1.76. The number of carbonyl (C=O) groups is 2. The topological polar surface area (TPSA) is 109 Å². The number of hydrogen-bond donors (Lipinski definition) is 0. The highest BCUT2D eigenvalue weighted by molar-refractivity contribution is 6.06. The smallest absolute Gasteiger partial charge is 0.329 e. The second-order valence-electron chi connectivity index (χ2n) is 4.33. The largest absolute Gasteiger partial charge is 0.465 e. The van der Waals surface area contributed by atoms with Crippen molar-refractivity contribution in [1.82, 2.24) is 4.98 Å². The monoisotopic (exact) mass is 310 g/mol. The Bertz CT molecular complexity index is 554. The number of nitro groups is 1. The molecule has 0 unspecified atom stereocenters. The Hall–Kier alpha value is -2.51. The van der Waals surface area contributed by atoms with Crippen molar-refractivity contribution >= 4 is 17.6 Å². The van der Waals surface area contributed by atoms with Crippen LogP contribution < -0.4 is 0 Å². The van der Waals surface area contributed by atoms with Crippen molar-refractivity contribution in [3.8, 4) is 0 Å². The van der Waals surface area contributed by atoms with E-state index in [2.05, 4.69) is 4.98 Å². The molecule has 22 heavy (non-hydrogen) atoms. The van der Waals surface area contributed by atoms with Gasteiger partial charge in [0, 0.05) is 12.3 Å². The lowest BCUT2D eigenvalue weighted by atomic mass is 9.80. The van der Waals surface area contributed by atoms with Crippen LogP contribution in [0.5, 0.6) is 0 Å². The Balaban J connectivity index is 3.59. The van der Waals surface area contributed by atoms with Crippen LogP contribution in [0, 0.1) is 10.1 Å². The van der Waals surface area contributed by atoms with Crippen molar-refractivity contribution in [2.75, 3.05) is 13.2 Å². The van der Waals surface area contributed by atoms with E-state index in [9.17, 15) is 19.7 Å². The number of aromatic nitrogens is 1. The molecule has 0 aliphatic carbocycles. The van der Waals surface area contributed by atoms with Gasteiger partial charge >= 0.3 is 11.9 Å². The first-order valence-corrected chi connectivity index (χ1v) is 6.89. The first-order chi connectivity index (χ1) is 10.4. The first-order valence-electron chi connectivity index (χ1n) is 6.89. The maximum absolute atomic E-state index is 12.4. The lowest BCUT2D eigenvalue weighted by Gasteiger charge is -2.26. The molecule has 0 atom stereocenters. The van der Waals surface area contributed by atoms with Crippen LogP contribution in [0.15, 0.2) is 18.3 Å². The molecular formula is C14H18N2O6. The molecule has 0 amide bonds. The highest BCUT2D eigenvalue weighted by atomic mass is 16.6. The molecule has 1 aromatic rings. The van der Waals surface area contributed by atoms with Gasteiger partial charge in [-0.25, -0.2) is 0 Å². The van der Waals surface area contributed by atoms with Gasteiger partial charge in [-0.05, 0) is 26.3 Å². The average molecular weight is 310 g/mol. The summed E-state index contributed by atoms with van der Waals surface area (Å²) in [6, 6.07) is 2.55. The van der Waals surface area contributed by atoms with Crippen molar-refractivity contribution in [3.63, 3.8) is 0 Å². The molecule has 0 spiro atoms. The highest BCUT2D eigenvalue weighted by Gasteiger charge is 2.54. The standard InChI is InChI=1S/C14H18N2O6/c1-4-14(12(17)21-5-2,13(18)22-6-3)11-10(16(19)20)8-7-9-15-11/h7-9H,4-6H2,1-3H3. The summed E-state index contributed by atoms with van der Waals surface area (Å²) in [6.45, 7) is 4.76. The SMILES string of the molecule is CCOC(=O)C(CC)(C(=O)OCC)c1ncccc1[N+](=O)[O-]. The zero-order valence-electron chi connectivity index (χ0n) is 12.7. The van der Waals surface area contributed by atoms with Crippen molar-refractivity contribution in [3.05, 3.63) is 34.1 Å². The third kappa shape index (κ3) is 3.05. The third-order valence-electron chi connectivity index (χ3n) is 3.17. The van der Waals surface area contributed by atoms with Gasteiger partial charge in [0.05, 0.1) is 18.1 Å². The van der Waals surface area contributed by atoms with E-state index in [4.69, 9.17) is 9.47 Å². The number of ether oxygens (including phenoxy) is 2. The summed E-state index contributed by atoms with van der Waals surface area (Å²) in [5.74, 6) is -1.81. The molecule has 1 heterocycles. The molecule has 8 nitrogen and oxygen atoms in total. The van der Waals surface area contributed by atoms with E-state index < -0.39 is 28.0 Å². The zero-order chi connectivity index (χ0) is 16.8. The van der Waals surface area contributed by atoms with Gasteiger partial charge in [-0.2, -0.15) is 0 Å². The number of rotatable bonds is 7. The molecule has 0 fully saturated rings. The minimum atomic E-state index is -1.95. The van der Waals surface area contributed by atoms with E-state index in [1.807, 2.05) is 0 Å². The van der Waals surface area contributed by atoms with E-state index in [0.29, 0.717) is 0 Å². The van der Waals surface area contributed by atoms with Gasteiger partial charge in [-0.1, -0.05) is 6.92 Å². The van der Waals surface area contributed by atoms with Crippen LogP contribution in [0.2, 0.25) is 0 Å². The van der Waals surface area contributed by atoms with Gasteiger partial charge in [-0.3, -0.25) is 24.7 Å². The minimum Gasteiger partial charge on any atom is -0.465 e. The van der Waals surface area contributed by atoms with Crippen LogP contribution >= 0.6 is 0 Å². The second kappa shape index (κ2) is 7.48. The Morgan fingerprint density at radius 2 is 1.77 bits per heavy atom. The molecule has 8 heteroatoms. The van der Waals surface area contributed by atoms with E-state index in [-0.39, 0.29) is 25.3 Å². The summed E-state index contributed by atoms with van der Waals surface area (Å²) in [6.07, 6.45) is 1.22. The summed E-state index contributed by atoms with van der Waals surface area (Å²) in [5.41, 5.74) is -2.64. The third-order valence-corrected chi connectivity index (χ3v) is 3.17. The molecule has 0 radical (unpaired) electrons. The summed E-state index contributed by atoms with van der Waals surface area (Å²) < 4.78 is 9.91. The normalized spacial score (nSPS) is 10.9. The van der Waals surface area contributed by atoms with Crippen LogP contribution in [-0.4, -0.2) is 35.1 Å². The van der Waals surface area contributed by atoms with Crippen LogP contribution in [0.3, 0.4) is 0 Å². The van der Waals surface area contributed by atoms with Crippen LogP contribution in [0.1, 0.15) is 32.9 Å². The summed E-state index contributed by atoms with van der Waals surface area (Å²) in [5, 5.41) is 11.2. The van der Waals surface area contributed by atoms with Gasteiger partial charge < -0.3 is 9.47 Å². The number of hydrogen-bond acceptors (Lipinski definition) is 7. The summed E-state index contributed by atoms with van der Waals surface area (Å²) in [4.78, 5) is 39.2. The molecule has 0 bridgehead atoms. The molecule has 0 aliphatic heterocycles. The molecule has 0 saturated heterocycles. The van der Waals surface area contributed by atoms with Gasteiger partial charge in [0.1, 0.15) is 5.69 Å². The Kier molecular flexibility index (Phi) is 5.97. The molecular weight excluding hydrogens is 292 g/mol. The Morgan fingerprint density at radius 1 is 1.23 bits per heavy atom. The Labute approximate surface area is 127 Å². The van der Waals surface area contributed by atoms with Crippen LogP contribution in [-0.2, 0) is 24.5 Å². The predicted molar refractivity (Wildman–Crippen MR) is 76.1 cm³/mol. The lowest BCUT2D eigenvalue weighted by molar-refractivity contribution is -0.386. The molecule has 120 valence electrons. The van der Waals surface area contributed by atoms with Gasteiger partial charge in [-0.15, -0.1) is 0 Å². The molecule has 0 aliphatic rings. The fourth-order valence-electron chi connectivity index (χ4n) is 2.11. The fourth-order valence-corrected chi connectivity index (χ4v) is 2.11. The molecule has 1 rings (SSSR count). The first kappa shape index (κ1) is 17.5. The quantitative estimate of drug-likeness (QED) is 0.327. The molecule has 0 saturated carbocycles. The van der Waals surface area contributed by atoms with Crippen molar-refractivity contribution in [1.29, 1.82) is 0 Å². The maximum atomic E-state index is 12.4. The summed E-state index contributed by atoms with van der Waals surface area (Å²) in [7, 11) is 0. The lowest BCUT2D eigenvalue weighted by Crippen LogP contribution is -2.46.